The van der Waals surface area contributed by atoms with Crippen molar-refractivity contribution in [1.82, 2.24) is 14.5 Å². The topological polar surface area (TPSA) is 33.6 Å². The first kappa shape index (κ1) is 9.15. The zero-order chi connectivity index (χ0) is 10.1. The molecule has 2 rings (SSSR count). The molecule has 2 aromatic rings. The Bertz CT molecular complexity index is 510. The Kier molecular flexibility index (Phi) is 2.21. The van der Waals surface area contributed by atoms with E-state index in [2.05, 4.69) is 9.97 Å². The van der Waals surface area contributed by atoms with Crippen molar-refractivity contribution in [1.29, 1.82) is 0 Å². The largest absolute Gasteiger partial charge is 0.335 e. The lowest BCUT2D eigenvalue weighted by Crippen LogP contribution is -1.96. The Labute approximate surface area is 87.4 Å². The van der Waals surface area contributed by atoms with E-state index in [9.17, 15) is 0 Å². The number of aromatic amines is 1. The molecule has 2 heterocycles. The first-order valence-corrected chi connectivity index (χ1v) is 4.79. The van der Waals surface area contributed by atoms with E-state index in [-0.39, 0.29) is 0 Å². The number of aryl methyl sites for hydroxylation is 2. The Morgan fingerprint density at radius 2 is 2.21 bits per heavy atom. The second kappa shape index (κ2) is 3.38. The van der Waals surface area contributed by atoms with Crippen molar-refractivity contribution in [2.45, 2.75) is 13.8 Å². The van der Waals surface area contributed by atoms with Gasteiger partial charge in [0.1, 0.15) is 0 Å². The van der Waals surface area contributed by atoms with Gasteiger partial charge >= 0.3 is 0 Å². The van der Waals surface area contributed by atoms with Crippen LogP contribution in [-0.2, 0) is 0 Å². The lowest BCUT2D eigenvalue weighted by molar-refractivity contribution is 0.989. The summed E-state index contributed by atoms with van der Waals surface area (Å²) in [4.78, 5) is 7.31. The first-order chi connectivity index (χ1) is 6.68. The van der Waals surface area contributed by atoms with Gasteiger partial charge in [-0.15, -0.1) is 0 Å². The highest BCUT2D eigenvalue weighted by atomic mass is 32.1. The van der Waals surface area contributed by atoms with Gasteiger partial charge in [0.05, 0.1) is 11.4 Å². The zero-order valence-corrected chi connectivity index (χ0v) is 8.93. The Balaban J connectivity index is 2.66. The molecule has 2 aromatic heterocycles. The molecule has 1 N–H and O–H groups in total. The molecule has 72 valence electrons. The van der Waals surface area contributed by atoms with Crippen LogP contribution in [0.15, 0.2) is 24.5 Å². The van der Waals surface area contributed by atoms with Gasteiger partial charge in [0.2, 0.25) is 0 Å². The van der Waals surface area contributed by atoms with E-state index < -0.39 is 0 Å². The lowest BCUT2D eigenvalue weighted by Gasteiger charge is -2.04. The van der Waals surface area contributed by atoms with Gasteiger partial charge in [-0.2, -0.15) is 0 Å². The van der Waals surface area contributed by atoms with Gasteiger partial charge in [-0.3, -0.25) is 9.55 Å². The molecule has 0 amide bonds. The van der Waals surface area contributed by atoms with Crippen LogP contribution >= 0.6 is 12.2 Å². The summed E-state index contributed by atoms with van der Waals surface area (Å²) >= 11 is 5.19. The molecule has 0 saturated carbocycles. The summed E-state index contributed by atoms with van der Waals surface area (Å²) in [7, 11) is 0. The fraction of sp³-hybridized carbons (Fsp3) is 0.200. The van der Waals surface area contributed by atoms with Gasteiger partial charge in [0.15, 0.2) is 4.77 Å². The number of H-pyrrole nitrogens is 1. The fourth-order valence-electron chi connectivity index (χ4n) is 1.42. The predicted octanol–water partition coefficient (Wildman–Crippen LogP) is 2.55. The summed E-state index contributed by atoms with van der Waals surface area (Å²) in [6, 6.07) is 3.91. The molecule has 0 aliphatic carbocycles. The minimum atomic E-state index is 0.707. The molecule has 3 nitrogen and oxygen atoms in total. The lowest BCUT2D eigenvalue weighted by atomic mass is 10.3. The SMILES string of the molecule is Cc1cn(-c2cccnc2C)c(=S)[nH]1. The standard InChI is InChI=1S/C10H11N3S/c1-7-6-13(10(14)12-7)9-4-3-5-11-8(9)2/h3-6H,1-2H3,(H,12,14). The van der Waals surface area contributed by atoms with Gasteiger partial charge in [0.25, 0.3) is 0 Å². The molecule has 4 heteroatoms. The number of nitrogens with zero attached hydrogens (tertiary/aromatic N) is 2. The van der Waals surface area contributed by atoms with E-state index in [0.29, 0.717) is 4.77 Å². The number of hydrogen-bond acceptors (Lipinski definition) is 2. The maximum atomic E-state index is 5.19. The molecule has 0 aliphatic heterocycles. The highest BCUT2D eigenvalue weighted by Crippen LogP contribution is 2.12. The number of hydrogen-bond donors (Lipinski definition) is 1. The van der Waals surface area contributed by atoms with Crippen molar-refractivity contribution >= 4 is 12.2 Å². The van der Waals surface area contributed by atoms with E-state index in [0.717, 1.165) is 17.1 Å². The van der Waals surface area contributed by atoms with Crippen molar-refractivity contribution in [3.8, 4) is 5.69 Å². The molecular weight excluding hydrogens is 194 g/mol. The van der Waals surface area contributed by atoms with Crippen LogP contribution in [0.4, 0.5) is 0 Å². The average molecular weight is 205 g/mol. The summed E-state index contributed by atoms with van der Waals surface area (Å²) in [6.07, 6.45) is 3.76. The molecule has 0 spiro atoms. The van der Waals surface area contributed by atoms with Crippen molar-refractivity contribution < 1.29 is 0 Å². The fourth-order valence-corrected chi connectivity index (χ4v) is 1.73. The van der Waals surface area contributed by atoms with Crippen LogP contribution in [0.25, 0.3) is 5.69 Å². The second-order valence-corrected chi connectivity index (χ2v) is 3.61. The average Bonchev–Trinajstić information content (AvgIpc) is 2.46. The molecule has 0 radical (unpaired) electrons. The number of rotatable bonds is 1. The summed E-state index contributed by atoms with van der Waals surface area (Å²) < 4.78 is 2.64. The minimum Gasteiger partial charge on any atom is -0.335 e. The van der Waals surface area contributed by atoms with Crippen LogP contribution in [0.5, 0.6) is 0 Å². The predicted molar refractivity (Wildman–Crippen MR) is 58.2 cm³/mol. The molecule has 14 heavy (non-hydrogen) atoms. The molecule has 0 bridgehead atoms. The highest BCUT2D eigenvalue weighted by Gasteiger charge is 2.02. The van der Waals surface area contributed by atoms with Crippen LogP contribution in [0.1, 0.15) is 11.4 Å². The number of nitrogens with one attached hydrogen (secondary N) is 1. The van der Waals surface area contributed by atoms with E-state index in [1.807, 2.05) is 36.7 Å². The maximum absolute atomic E-state index is 5.19. The summed E-state index contributed by atoms with van der Waals surface area (Å²) in [5.74, 6) is 0. The van der Waals surface area contributed by atoms with E-state index in [1.165, 1.54) is 0 Å². The Hall–Kier alpha value is -1.42. The Morgan fingerprint density at radius 3 is 2.79 bits per heavy atom. The van der Waals surface area contributed by atoms with Gasteiger partial charge in [0, 0.05) is 18.1 Å². The van der Waals surface area contributed by atoms with E-state index >= 15 is 0 Å². The zero-order valence-electron chi connectivity index (χ0n) is 8.11. The summed E-state index contributed by atoms with van der Waals surface area (Å²) in [5, 5.41) is 0. The molecule has 0 unspecified atom stereocenters. The third-order valence-corrected chi connectivity index (χ3v) is 2.38. The van der Waals surface area contributed by atoms with Crippen molar-refractivity contribution in [3.63, 3.8) is 0 Å². The molecule has 0 saturated heterocycles. The second-order valence-electron chi connectivity index (χ2n) is 3.22. The normalized spacial score (nSPS) is 10.4. The van der Waals surface area contributed by atoms with Crippen LogP contribution in [0.3, 0.4) is 0 Å². The maximum Gasteiger partial charge on any atom is 0.182 e. The third kappa shape index (κ3) is 1.48. The van der Waals surface area contributed by atoms with Gasteiger partial charge in [-0.1, -0.05) is 0 Å². The van der Waals surface area contributed by atoms with Crippen molar-refractivity contribution in [2.24, 2.45) is 0 Å². The Morgan fingerprint density at radius 1 is 1.43 bits per heavy atom. The van der Waals surface area contributed by atoms with E-state index in [1.54, 1.807) is 6.20 Å². The molecule has 0 atom stereocenters. The molecule has 0 aliphatic rings. The minimum absolute atomic E-state index is 0.707. The van der Waals surface area contributed by atoms with Crippen LogP contribution in [0.2, 0.25) is 0 Å². The van der Waals surface area contributed by atoms with Crippen molar-refractivity contribution in [3.05, 3.63) is 40.7 Å². The number of aromatic nitrogens is 3. The van der Waals surface area contributed by atoms with Crippen LogP contribution < -0.4 is 0 Å². The summed E-state index contributed by atoms with van der Waals surface area (Å²) in [6.45, 7) is 3.96. The van der Waals surface area contributed by atoms with Gasteiger partial charge < -0.3 is 4.98 Å². The number of imidazole rings is 1. The molecule has 0 fully saturated rings. The molecular formula is C10H11N3S. The van der Waals surface area contributed by atoms with Crippen LogP contribution in [-0.4, -0.2) is 14.5 Å². The number of pyridine rings is 1. The summed E-state index contributed by atoms with van der Waals surface area (Å²) in [5.41, 5.74) is 3.06. The quantitative estimate of drug-likeness (QED) is 0.726. The molecule has 0 aromatic carbocycles. The van der Waals surface area contributed by atoms with Crippen molar-refractivity contribution in [2.75, 3.05) is 0 Å². The first-order valence-electron chi connectivity index (χ1n) is 4.39. The van der Waals surface area contributed by atoms with Gasteiger partial charge in [-0.05, 0) is 38.2 Å². The van der Waals surface area contributed by atoms with Gasteiger partial charge in [-0.25, -0.2) is 0 Å². The monoisotopic (exact) mass is 205 g/mol. The highest BCUT2D eigenvalue weighted by molar-refractivity contribution is 7.71. The third-order valence-electron chi connectivity index (χ3n) is 2.08. The smallest absolute Gasteiger partial charge is 0.182 e. The van der Waals surface area contributed by atoms with E-state index in [4.69, 9.17) is 12.2 Å². The van der Waals surface area contributed by atoms with Crippen LogP contribution in [0, 0.1) is 18.6 Å².